The second-order valence-corrected chi connectivity index (χ2v) is 8.84. The maximum Gasteiger partial charge on any atom is 0.220 e. The van der Waals surface area contributed by atoms with Crippen molar-refractivity contribution in [2.24, 2.45) is 5.92 Å². The summed E-state index contributed by atoms with van der Waals surface area (Å²) in [6.45, 7) is 11.9. The molecule has 1 unspecified atom stereocenters. The summed E-state index contributed by atoms with van der Waals surface area (Å²) in [7, 11) is 0. The minimum Gasteiger partial charge on any atom is -0.313 e. The summed E-state index contributed by atoms with van der Waals surface area (Å²) < 4.78 is 4.31. The number of nitrogens with one attached hydrogen (secondary N) is 1. The largest absolute Gasteiger partial charge is 0.313 e. The van der Waals surface area contributed by atoms with Crippen molar-refractivity contribution < 1.29 is 0 Å². The lowest BCUT2D eigenvalue weighted by molar-refractivity contribution is 0.454. The zero-order valence-electron chi connectivity index (χ0n) is 17.6. The molecule has 4 nitrogen and oxygen atoms in total. The fourth-order valence-electron chi connectivity index (χ4n) is 4.54. The molecule has 0 aliphatic heterocycles. The molecule has 2 heterocycles. The number of aromatic nitrogens is 3. The van der Waals surface area contributed by atoms with Crippen LogP contribution in [0.1, 0.15) is 54.3 Å². The van der Waals surface area contributed by atoms with Gasteiger partial charge >= 0.3 is 0 Å². The lowest BCUT2D eigenvalue weighted by Crippen LogP contribution is -2.34. The fraction of sp³-hybridized carbons (Fsp3) is 0.522. The van der Waals surface area contributed by atoms with Crippen molar-refractivity contribution in [3.8, 4) is 5.69 Å². The number of benzene rings is 1. The van der Waals surface area contributed by atoms with Gasteiger partial charge < -0.3 is 5.32 Å². The van der Waals surface area contributed by atoms with Crippen LogP contribution in [0.25, 0.3) is 11.5 Å². The first kappa shape index (κ1) is 19.5. The Labute approximate surface area is 172 Å². The predicted octanol–water partition coefficient (Wildman–Crippen LogP) is 5.33. The molecule has 1 aromatic carbocycles. The molecule has 28 heavy (non-hydrogen) atoms. The second-order valence-electron chi connectivity index (χ2n) is 8.45. The van der Waals surface area contributed by atoms with Gasteiger partial charge in [0, 0.05) is 24.4 Å². The zero-order chi connectivity index (χ0) is 20.0. The number of hydrogen-bond donors (Lipinski definition) is 1. The smallest absolute Gasteiger partial charge is 0.220 e. The Kier molecular flexibility index (Phi) is 5.28. The van der Waals surface area contributed by atoms with Crippen LogP contribution in [0.5, 0.6) is 0 Å². The summed E-state index contributed by atoms with van der Waals surface area (Å²) in [6, 6.07) is 4.95. The molecule has 1 aliphatic carbocycles. The van der Waals surface area contributed by atoms with E-state index in [1.54, 1.807) is 0 Å². The Morgan fingerprint density at radius 3 is 2.46 bits per heavy atom. The van der Waals surface area contributed by atoms with Gasteiger partial charge in [-0.2, -0.15) is 0 Å². The summed E-state index contributed by atoms with van der Waals surface area (Å²) in [5.74, 6) is 1.72. The minimum absolute atomic E-state index is 0.531. The van der Waals surface area contributed by atoms with Crippen LogP contribution in [-0.2, 0) is 6.42 Å². The molecule has 0 bridgehead atoms. The molecule has 1 aliphatic rings. The van der Waals surface area contributed by atoms with Crippen LogP contribution in [0.2, 0.25) is 5.15 Å². The van der Waals surface area contributed by atoms with Crippen molar-refractivity contribution in [2.45, 2.75) is 66.3 Å². The number of hydrogen-bond acceptors (Lipinski definition) is 2. The van der Waals surface area contributed by atoms with Gasteiger partial charge in [-0.3, -0.25) is 8.97 Å². The van der Waals surface area contributed by atoms with Crippen molar-refractivity contribution in [2.75, 3.05) is 6.54 Å². The molecule has 1 fully saturated rings. The summed E-state index contributed by atoms with van der Waals surface area (Å²) in [4.78, 5) is 4.94. The molecule has 5 heteroatoms. The third-order valence-corrected chi connectivity index (χ3v) is 6.23. The van der Waals surface area contributed by atoms with Crippen LogP contribution in [0.4, 0.5) is 0 Å². The summed E-state index contributed by atoms with van der Waals surface area (Å²) >= 11 is 6.73. The number of imidazole rings is 2. The quantitative estimate of drug-likeness (QED) is 0.583. The van der Waals surface area contributed by atoms with Gasteiger partial charge in [-0.05, 0) is 70.5 Å². The second kappa shape index (κ2) is 7.57. The summed E-state index contributed by atoms with van der Waals surface area (Å²) in [6.07, 6.45) is 6.88. The maximum atomic E-state index is 6.73. The van der Waals surface area contributed by atoms with Crippen LogP contribution in [-0.4, -0.2) is 26.5 Å². The van der Waals surface area contributed by atoms with Gasteiger partial charge in [-0.15, -0.1) is 0 Å². The van der Waals surface area contributed by atoms with Crippen LogP contribution >= 0.6 is 11.6 Å². The van der Waals surface area contributed by atoms with Crippen LogP contribution in [0.3, 0.4) is 0 Å². The predicted molar refractivity (Wildman–Crippen MR) is 117 cm³/mol. The molecule has 3 aromatic rings. The Balaban J connectivity index is 1.78. The van der Waals surface area contributed by atoms with Crippen molar-refractivity contribution in [3.05, 3.63) is 51.6 Å². The third-order valence-electron chi connectivity index (χ3n) is 5.96. The Bertz CT molecular complexity index is 986. The number of nitrogens with zero attached hydrogens (tertiary/aromatic N) is 3. The average molecular weight is 399 g/mol. The zero-order valence-corrected chi connectivity index (χ0v) is 18.4. The molecule has 1 atom stereocenters. The van der Waals surface area contributed by atoms with E-state index >= 15 is 0 Å². The van der Waals surface area contributed by atoms with E-state index in [9.17, 15) is 0 Å². The number of fused-ring (bicyclic) bond motifs is 1. The van der Waals surface area contributed by atoms with E-state index in [-0.39, 0.29) is 0 Å². The van der Waals surface area contributed by atoms with E-state index in [1.165, 1.54) is 35.2 Å². The normalized spacial score (nSPS) is 15.5. The van der Waals surface area contributed by atoms with Gasteiger partial charge in [0.15, 0.2) is 0 Å². The van der Waals surface area contributed by atoms with E-state index in [2.05, 4.69) is 61.0 Å². The van der Waals surface area contributed by atoms with Crippen molar-refractivity contribution in [3.63, 3.8) is 0 Å². The van der Waals surface area contributed by atoms with Crippen molar-refractivity contribution in [1.29, 1.82) is 0 Å². The molecular formula is C23H31ClN4. The van der Waals surface area contributed by atoms with Gasteiger partial charge in [0.25, 0.3) is 0 Å². The molecule has 0 saturated heterocycles. The van der Waals surface area contributed by atoms with Crippen LogP contribution < -0.4 is 5.32 Å². The fourth-order valence-corrected chi connectivity index (χ4v) is 4.79. The molecule has 1 N–H and O–H groups in total. The first-order valence-electron chi connectivity index (χ1n) is 10.5. The number of rotatable bonds is 7. The van der Waals surface area contributed by atoms with Crippen LogP contribution in [0.15, 0.2) is 18.3 Å². The highest BCUT2D eigenvalue weighted by molar-refractivity contribution is 6.30. The van der Waals surface area contributed by atoms with Crippen molar-refractivity contribution >= 4 is 17.4 Å². The van der Waals surface area contributed by atoms with E-state index in [0.717, 1.165) is 42.5 Å². The molecule has 2 aromatic heterocycles. The Hall–Kier alpha value is -1.78. The molecule has 0 radical (unpaired) electrons. The summed E-state index contributed by atoms with van der Waals surface area (Å²) in [5.41, 5.74) is 7.24. The van der Waals surface area contributed by atoms with Gasteiger partial charge in [0.05, 0.1) is 11.4 Å². The highest BCUT2D eigenvalue weighted by Crippen LogP contribution is 2.35. The standard InChI is InChI=1S/C23H31ClN4/c1-6-9-25-19(18-7-8-18)12-20-17(5)26-23-27(20)13-21(24)28(23)22-15(3)10-14(2)11-16(22)4/h10-11,13,18-19,25H,6-9,12H2,1-5H3. The van der Waals surface area contributed by atoms with Gasteiger partial charge in [0.1, 0.15) is 5.15 Å². The van der Waals surface area contributed by atoms with Crippen LogP contribution in [0, 0.1) is 33.6 Å². The SMILES string of the molecule is CCCNC(Cc1c(C)nc2n(-c3c(C)cc(C)cc3C)c(Cl)cn12)C1CC1. The first-order valence-corrected chi connectivity index (χ1v) is 10.8. The third kappa shape index (κ3) is 3.48. The van der Waals surface area contributed by atoms with E-state index in [0.29, 0.717) is 11.2 Å². The summed E-state index contributed by atoms with van der Waals surface area (Å²) in [5, 5.41) is 4.47. The van der Waals surface area contributed by atoms with E-state index in [1.807, 2.05) is 6.20 Å². The van der Waals surface area contributed by atoms with Gasteiger partial charge in [-0.25, -0.2) is 4.98 Å². The molecule has 1 saturated carbocycles. The van der Waals surface area contributed by atoms with Gasteiger partial charge in [0.2, 0.25) is 5.78 Å². The Morgan fingerprint density at radius 1 is 1.18 bits per heavy atom. The van der Waals surface area contributed by atoms with Gasteiger partial charge in [-0.1, -0.05) is 36.2 Å². The first-order chi connectivity index (χ1) is 13.4. The molecule has 150 valence electrons. The maximum absolute atomic E-state index is 6.73. The van der Waals surface area contributed by atoms with E-state index in [4.69, 9.17) is 16.6 Å². The van der Waals surface area contributed by atoms with E-state index < -0.39 is 0 Å². The molecule has 0 spiro atoms. The molecule has 0 amide bonds. The topological polar surface area (TPSA) is 34.3 Å². The average Bonchev–Trinajstić information content (AvgIpc) is 3.36. The van der Waals surface area contributed by atoms with Crippen molar-refractivity contribution in [1.82, 2.24) is 19.3 Å². The monoisotopic (exact) mass is 398 g/mol. The highest BCUT2D eigenvalue weighted by Gasteiger charge is 2.32. The Morgan fingerprint density at radius 2 is 1.86 bits per heavy atom. The minimum atomic E-state index is 0.531. The molecular weight excluding hydrogens is 368 g/mol. The lowest BCUT2D eigenvalue weighted by atomic mass is 10.1. The lowest BCUT2D eigenvalue weighted by Gasteiger charge is -2.17. The number of halogens is 1. The number of aryl methyl sites for hydroxylation is 4. The molecule has 4 rings (SSSR count). The highest BCUT2D eigenvalue weighted by atomic mass is 35.5.